The lowest BCUT2D eigenvalue weighted by atomic mass is 10.1. The van der Waals surface area contributed by atoms with Gasteiger partial charge in [0, 0.05) is 16.9 Å². The van der Waals surface area contributed by atoms with Crippen molar-refractivity contribution in [2.45, 2.75) is 6.04 Å². The van der Waals surface area contributed by atoms with Crippen LogP contribution in [-0.2, 0) is 9.53 Å². The smallest absolute Gasteiger partial charge is 0.327 e. The third kappa shape index (κ3) is 2.50. The minimum atomic E-state index is -0.769. The van der Waals surface area contributed by atoms with Gasteiger partial charge in [-0.1, -0.05) is 0 Å². The van der Waals surface area contributed by atoms with E-state index in [1.807, 2.05) is 0 Å². The van der Waals surface area contributed by atoms with Crippen molar-refractivity contribution in [2.24, 2.45) is 5.73 Å². The predicted molar refractivity (Wildman–Crippen MR) is 50.9 cm³/mol. The van der Waals surface area contributed by atoms with Crippen LogP contribution in [0, 0.1) is 0 Å². The maximum Gasteiger partial charge on any atom is 0.327 e. The van der Waals surface area contributed by atoms with E-state index in [-0.39, 0.29) is 0 Å². The molecule has 70 valence electrons. The van der Waals surface area contributed by atoms with Crippen LogP contribution < -0.4 is 5.73 Å². The van der Waals surface area contributed by atoms with Gasteiger partial charge in [-0.3, -0.25) is 9.78 Å². The minimum absolute atomic E-state index is 0.472. The largest absolute Gasteiger partial charge is 0.468 e. The monoisotopic (exact) mass is 244 g/mol. The number of carbonyl (C=O) groups is 1. The number of hydrogen-bond acceptors (Lipinski definition) is 4. The lowest BCUT2D eigenvalue weighted by molar-refractivity contribution is -0.142. The average molecular weight is 245 g/mol. The maximum absolute atomic E-state index is 11.0. The molecule has 0 saturated heterocycles. The molecule has 0 spiro atoms. The molecule has 1 unspecified atom stereocenters. The SMILES string of the molecule is COC(=O)C(N)c1cncc(Br)c1. The second-order valence-corrected chi connectivity index (χ2v) is 3.35. The summed E-state index contributed by atoms with van der Waals surface area (Å²) in [6.45, 7) is 0. The predicted octanol–water partition coefficient (Wildman–Crippen LogP) is 1.02. The third-order valence-electron chi connectivity index (χ3n) is 1.54. The number of pyridine rings is 1. The third-order valence-corrected chi connectivity index (χ3v) is 1.97. The average Bonchev–Trinajstić information content (AvgIpc) is 2.15. The van der Waals surface area contributed by atoms with E-state index in [9.17, 15) is 4.79 Å². The molecular formula is C8H9BrN2O2. The number of ether oxygens (including phenoxy) is 1. The van der Waals surface area contributed by atoms with Gasteiger partial charge < -0.3 is 10.5 Å². The Morgan fingerprint density at radius 2 is 2.38 bits per heavy atom. The molecule has 2 N–H and O–H groups in total. The second kappa shape index (κ2) is 4.34. The van der Waals surface area contributed by atoms with Crippen LogP contribution in [0.1, 0.15) is 11.6 Å². The van der Waals surface area contributed by atoms with Crippen molar-refractivity contribution in [3.05, 3.63) is 28.5 Å². The Kier molecular flexibility index (Phi) is 3.39. The van der Waals surface area contributed by atoms with E-state index in [1.165, 1.54) is 13.3 Å². The van der Waals surface area contributed by atoms with E-state index >= 15 is 0 Å². The minimum Gasteiger partial charge on any atom is -0.468 e. The van der Waals surface area contributed by atoms with Crippen molar-refractivity contribution in [2.75, 3.05) is 7.11 Å². The van der Waals surface area contributed by atoms with Gasteiger partial charge >= 0.3 is 5.97 Å². The summed E-state index contributed by atoms with van der Waals surface area (Å²) in [5, 5.41) is 0. The quantitative estimate of drug-likeness (QED) is 0.790. The Labute approximate surface area is 84.2 Å². The number of methoxy groups -OCH3 is 1. The fraction of sp³-hybridized carbons (Fsp3) is 0.250. The van der Waals surface area contributed by atoms with Crippen LogP contribution in [0.15, 0.2) is 22.9 Å². The molecule has 1 atom stereocenters. The first-order valence-electron chi connectivity index (χ1n) is 3.59. The number of rotatable bonds is 2. The van der Waals surface area contributed by atoms with Crippen molar-refractivity contribution < 1.29 is 9.53 Å². The van der Waals surface area contributed by atoms with E-state index in [0.29, 0.717) is 5.56 Å². The zero-order valence-electron chi connectivity index (χ0n) is 7.03. The molecule has 0 amide bonds. The van der Waals surface area contributed by atoms with Crippen molar-refractivity contribution in [1.29, 1.82) is 0 Å². The summed E-state index contributed by atoms with van der Waals surface area (Å²) in [4.78, 5) is 14.9. The zero-order chi connectivity index (χ0) is 9.84. The number of nitrogens with two attached hydrogens (primary N) is 1. The highest BCUT2D eigenvalue weighted by molar-refractivity contribution is 9.10. The van der Waals surface area contributed by atoms with Crippen LogP contribution in [0.2, 0.25) is 0 Å². The molecule has 0 radical (unpaired) electrons. The number of hydrogen-bond donors (Lipinski definition) is 1. The second-order valence-electron chi connectivity index (χ2n) is 2.44. The Morgan fingerprint density at radius 1 is 1.69 bits per heavy atom. The summed E-state index contributed by atoms with van der Waals surface area (Å²) in [5.74, 6) is -0.472. The summed E-state index contributed by atoms with van der Waals surface area (Å²) in [5.41, 5.74) is 6.21. The van der Waals surface area contributed by atoms with E-state index in [4.69, 9.17) is 5.73 Å². The highest BCUT2D eigenvalue weighted by atomic mass is 79.9. The molecule has 1 aromatic heterocycles. The maximum atomic E-state index is 11.0. The Bertz CT molecular complexity index is 317. The molecule has 1 rings (SSSR count). The Morgan fingerprint density at radius 3 is 2.92 bits per heavy atom. The van der Waals surface area contributed by atoms with E-state index in [2.05, 4.69) is 25.7 Å². The zero-order valence-corrected chi connectivity index (χ0v) is 8.61. The van der Waals surface area contributed by atoms with Crippen molar-refractivity contribution >= 4 is 21.9 Å². The summed E-state index contributed by atoms with van der Waals surface area (Å²) in [6.07, 6.45) is 3.15. The van der Waals surface area contributed by atoms with Gasteiger partial charge in [0.15, 0.2) is 0 Å². The van der Waals surface area contributed by atoms with Crippen LogP contribution in [0.3, 0.4) is 0 Å². The van der Waals surface area contributed by atoms with Gasteiger partial charge in [-0.25, -0.2) is 0 Å². The van der Waals surface area contributed by atoms with Gasteiger partial charge in [0.1, 0.15) is 6.04 Å². The van der Waals surface area contributed by atoms with Crippen LogP contribution in [-0.4, -0.2) is 18.1 Å². The van der Waals surface area contributed by atoms with Gasteiger partial charge in [-0.15, -0.1) is 0 Å². The fourth-order valence-corrected chi connectivity index (χ4v) is 1.24. The molecule has 13 heavy (non-hydrogen) atoms. The number of aromatic nitrogens is 1. The normalized spacial score (nSPS) is 12.2. The van der Waals surface area contributed by atoms with Crippen molar-refractivity contribution in [3.8, 4) is 0 Å². The molecule has 5 heteroatoms. The Hall–Kier alpha value is -0.940. The first-order valence-corrected chi connectivity index (χ1v) is 4.38. The summed E-state index contributed by atoms with van der Waals surface area (Å²) < 4.78 is 5.28. The van der Waals surface area contributed by atoms with Gasteiger partial charge in [-0.2, -0.15) is 0 Å². The highest BCUT2D eigenvalue weighted by Gasteiger charge is 2.16. The standard InChI is InChI=1S/C8H9BrN2O2/c1-13-8(12)7(10)5-2-6(9)4-11-3-5/h2-4,7H,10H2,1H3. The molecule has 0 saturated carbocycles. The molecule has 0 aromatic carbocycles. The number of esters is 1. The summed E-state index contributed by atoms with van der Waals surface area (Å²) in [6, 6.07) is 0.962. The van der Waals surface area contributed by atoms with Gasteiger partial charge in [0.05, 0.1) is 7.11 Å². The topological polar surface area (TPSA) is 65.2 Å². The van der Waals surface area contributed by atoms with E-state index < -0.39 is 12.0 Å². The molecule has 0 fully saturated rings. The van der Waals surface area contributed by atoms with E-state index in [0.717, 1.165) is 4.47 Å². The molecule has 4 nitrogen and oxygen atoms in total. The van der Waals surface area contributed by atoms with Crippen LogP contribution in [0.25, 0.3) is 0 Å². The van der Waals surface area contributed by atoms with Gasteiger partial charge in [0.2, 0.25) is 0 Å². The van der Waals surface area contributed by atoms with Crippen molar-refractivity contribution in [3.63, 3.8) is 0 Å². The Balaban J connectivity index is 2.88. The van der Waals surface area contributed by atoms with E-state index in [1.54, 1.807) is 12.3 Å². The molecule has 0 bridgehead atoms. The molecular weight excluding hydrogens is 236 g/mol. The number of nitrogens with zero attached hydrogens (tertiary/aromatic N) is 1. The van der Waals surface area contributed by atoms with Gasteiger partial charge in [0.25, 0.3) is 0 Å². The number of carbonyl (C=O) groups excluding carboxylic acids is 1. The first kappa shape index (κ1) is 10.1. The molecule has 1 heterocycles. The summed E-state index contributed by atoms with van der Waals surface area (Å²) in [7, 11) is 1.30. The summed E-state index contributed by atoms with van der Waals surface area (Å²) >= 11 is 3.23. The highest BCUT2D eigenvalue weighted by Crippen LogP contribution is 2.15. The van der Waals surface area contributed by atoms with Gasteiger partial charge in [-0.05, 0) is 27.6 Å². The van der Waals surface area contributed by atoms with Crippen LogP contribution in [0.4, 0.5) is 0 Å². The lowest BCUT2D eigenvalue weighted by Crippen LogP contribution is -2.22. The molecule has 0 aliphatic heterocycles. The molecule has 0 aliphatic rings. The van der Waals surface area contributed by atoms with Crippen LogP contribution in [0.5, 0.6) is 0 Å². The van der Waals surface area contributed by atoms with Crippen molar-refractivity contribution in [1.82, 2.24) is 4.98 Å². The number of halogens is 1. The molecule has 0 aliphatic carbocycles. The first-order chi connectivity index (χ1) is 6.15. The molecule has 1 aromatic rings. The van der Waals surface area contributed by atoms with Crippen LogP contribution >= 0.6 is 15.9 Å². The lowest BCUT2D eigenvalue weighted by Gasteiger charge is -2.08. The fourth-order valence-electron chi connectivity index (χ4n) is 0.861.